The molecule has 4 nitrogen and oxygen atoms in total. The molecule has 0 aliphatic carbocycles. The van der Waals surface area contributed by atoms with E-state index in [0.29, 0.717) is 11.4 Å². The van der Waals surface area contributed by atoms with Gasteiger partial charge in [0.15, 0.2) is 0 Å². The molecule has 5 rings (SSSR count). The van der Waals surface area contributed by atoms with E-state index in [9.17, 15) is 4.39 Å². The van der Waals surface area contributed by atoms with Gasteiger partial charge in [0, 0.05) is 22.6 Å². The number of halogens is 2. The maximum absolute atomic E-state index is 13.3. The maximum Gasteiger partial charge on any atom is 0.213 e. The average Bonchev–Trinajstić information content (AvgIpc) is 3.32. The van der Waals surface area contributed by atoms with Crippen molar-refractivity contribution in [1.29, 1.82) is 0 Å². The number of nitrogens with zero attached hydrogens (tertiary/aromatic N) is 2. The second kappa shape index (κ2) is 5.88. The molecule has 2 aromatic carbocycles. The van der Waals surface area contributed by atoms with Gasteiger partial charge in [-0.15, -0.1) is 0 Å². The van der Waals surface area contributed by atoms with Crippen LogP contribution in [-0.4, -0.2) is 10.7 Å². The summed E-state index contributed by atoms with van der Waals surface area (Å²) in [5.41, 5.74) is 2.67. The predicted molar refractivity (Wildman–Crippen MR) is 95.7 cm³/mol. The molecule has 0 bridgehead atoms. The summed E-state index contributed by atoms with van der Waals surface area (Å²) in [7, 11) is 0. The zero-order chi connectivity index (χ0) is 17.7. The van der Waals surface area contributed by atoms with E-state index in [0.717, 1.165) is 28.3 Å². The quantitative estimate of drug-likeness (QED) is 0.614. The first-order chi connectivity index (χ1) is 12.7. The zero-order valence-electron chi connectivity index (χ0n) is 13.6. The number of rotatable bonds is 2. The molecule has 0 fully saturated rings. The lowest BCUT2D eigenvalue weighted by Gasteiger charge is -2.38. The standard InChI is InChI=1S/C20H14ClFN2O2/c21-13-5-8-18-15(10-13)17-11-16(19-2-1-9-25-19)23-24(17)20(26-18)12-3-6-14(22)7-4-12/h1-10,17,20H,11H2/t17-,20+/m0/s1. The summed E-state index contributed by atoms with van der Waals surface area (Å²) < 4.78 is 25.1. The van der Waals surface area contributed by atoms with Gasteiger partial charge in [-0.1, -0.05) is 23.7 Å². The Labute approximate surface area is 154 Å². The van der Waals surface area contributed by atoms with Crippen LogP contribution in [0.15, 0.2) is 70.4 Å². The van der Waals surface area contributed by atoms with Gasteiger partial charge >= 0.3 is 0 Å². The van der Waals surface area contributed by atoms with Crippen molar-refractivity contribution in [3.8, 4) is 5.75 Å². The van der Waals surface area contributed by atoms with Gasteiger partial charge in [-0.05, 0) is 42.5 Å². The Morgan fingerprint density at radius 1 is 1.12 bits per heavy atom. The minimum atomic E-state index is -0.443. The Hall–Kier alpha value is -2.79. The first-order valence-corrected chi connectivity index (χ1v) is 8.68. The van der Waals surface area contributed by atoms with Gasteiger partial charge in [0.25, 0.3) is 0 Å². The normalized spacial score (nSPS) is 21.0. The lowest BCUT2D eigenvalue weighted by molar-refractivity contribution is -0.0190. The van der Waals surface area contributed by atoms with E-state index in [4.69, 9.17) is 25.9 Å². The van der Waals surface area contributed by atoms with E-state index in [1.807, 2.05) is 29.3 Å². The second-order valence-corrected chi connectivity index (χ2v) is 6.76. The molecular formula is C20H14ClFN2O2. The SMILES string of the molecule is Fc1ccc([C@H]2Oc3ccc(Cl)cc3[C@@H]3CC(c4ccco4)=NN23)cc1. The maximum atomic E-state index is 13.3. The van der Waals surface area contributed by atoms with Crippen molar-refractivity contribution in [2.24, 2.45) is 5.10 Å². The lowest BCUT2D eigenvalue weighted by atomic mass is 9.97. The minimum absolute atomic E-state index is 0.0207. The van der Waals surface area contributed by atoms with Gasteiger partial charge in [0.1, 0.15) is 23.0 Å². The number of hydrogen-bond acceptors (Lipinski definition) is 4. The molecule has 0 spiro atoms. The van der Waals surface area contributed by atoms with Gasteiger partial charge in [0.2, 0.25) is 6.23 Å². The Morgan fingerprint density at radius 3 is 2.73 bits per heavy atom. The molecule has 0 radical (unpaired) electrons. The molecule has 0 saturated heterocycles. The molecule has 26 heavy (non-hydrogen) atoms. The molecule has 0 N–H and O–H groups in total. The second-order valence-electron chi connectivity index (χ2n) is 6.33. The third-order valence-electron chi connectivity index (χ3n) is 4.71. The first kappa shape index (κ1) is 15.5. The van der Waals surface area contributed by atoms with Gasteiger partial charge in [-0.3, -0.25) is 0 Å². The highest BCUT2D eigenvalue weighted by Gasteiger charge is 2.41. The summed E-state index contributed by atoms with van der Waals surface area (Å²) in [5, 5.41) is 7.31. The van der Waals surface area contributed by atoms with Crippen molar-refractivity contribution >= 4 is 17.3 Å². The van der Waals surface area contributed by atoms with Crippen LogP contribution < -0.4 is 4.74 Å². The van der Waals surface area contributed by atoms with Crippen molar-refractivity contribution in [2.75, 3.05) is 0 Å². The molecule has 130 valence electrons. The van der Waals surface area contributed by atoms with Crippen LogP contribution in [0.5, 0.6) is 5.75 Å². The van der Waals surface area contributed by atoms with Crippen molar-refractivity contribution in [3.05, 3.63) is 88.6 Å². The van der Waals surface area contributed by atoms with Gasteiger partial charge in [-0.25, -0.2) is 9.40 Å². The Balaban J connectivity index is 1.61. The molecule has 6 heteroatoms. The fraction of sp³-hybridized carbons (Fsp3) is 0.150. The molecule has 0 unspecified atom stereocenters. The molecule has 0 amide bonds. The van der Waals surface area contributed by atoms with Gasteiger partial charge < -0.3 is 9.15 Å². The van der Waals surface area contributed by atoms with Crippen LogP contribution in [0.2, 0.25) is 5.02 Å². The van der Waals surface area contributed by atoms with E-state index in [-0.39, 0.29) is 11.9 Å². The molecule has 3 aromatic rings. The van der Waals surface area contributed by atoms with E-state index < -0.39 is 6.23 Å². The van der Waals surface area contributed by atoms with E-state index >= 15 is 0 Å². The summed E-state index contributed by atoms with van der Waals surface area (Å²) in [4.78, 5) is 0. The van der Waals surface area contributed by atoms with Gasteiger partial charge in [-0.2, -0.15) is 5.10 Å². The smallest absolute Gasteiger partial charge is 0.213 e. The summed E-state index contributed by atoms with van der Waals surface area (Å²) in [6, 6.07) is 15.6. The third-order valence-corrected chi connectivity index (χ3v) is 4.95. The Bertz CT molecular complexity index is 986. The molecule has 3 heterocycles. The van der Waals surface area contributed by atoms with Gasteiger partial charge in [0.05, 0.1) is 12.3 Å². The highest BCUT2D eigenvalue weighted by molar-refractivity contribution is 6.30. The number of benzene rings is 2. The van der Waals surface area contributed by atoms with Crippen molar-refractivity contribution < 1.29 is 13.5 Å². The lowest BCUT2D eigenvalue weighted by Crippen LogP contribution is -2.33. The van der Waals surface area contributed by atoms with Crippen molar-refractivity contribution in [3.63, 3.8) is 0 Å². The van der Waals surface area contributed by atoms with E-state index in [2.05, 4.69) is 0 Å². The topological polar surface area (TPSA) is 38.0 Å². The zero-order valence-corrected chi connectivity index (χ0v) is 14.4. The molecule has 1 aromatic heterocycles. The van der Waals surface area contributed by atoms with Crippen LogP contribution in [0, 0.1) is 5.82 Å². The molecule has 2 atom stereocenters. The largest absolute Gasteiger partial charge is 0.464 e. The summed E-state index contributed by atoms with van der Waals surface area (Å²) in [6.45, 7) is 0. The molecule has 2 aliphatic rings. The van der Waals surface area contributed by atoms with Crippen LogP contribution in [0.1, 0.15) is 35.6 Å². The van der Waals surface area contributed by atoms with Crippen LogP contribution >= 0.6 is 11.6 Å². The molecular weight excluding hydrogens is 355 g/mol. The summed E-state index contributed by atoms with van der Waals surface area (Å²) in [6.07, 6.45) is 1.87. The number of ether oxygens (including phenoxy) is 1. The van der Waals surface area contributed by atoms with Crippen molar-refractivity contribution in [1.82, 2.24) is 5.01 Å². The highest BCUT2D eigenvalue weighted by Crippen LogP contribution is 2.48. The number of fused-ring (bicyclic) bond motifs is 3. The monoisotopic (exact) mass is 368 g/mol. The summed E-state index contributed by atoms with van der Waals surface area (Å²) in [5.74, 6) is 1.22. The predicted octanol–water partition coefficient (Wildman–Crippen LogP) is 5.31. The van der Waals surface area contributed by atoms with Crippen LogP contribution in [0.3, 0.4) is 0 Å². The third kappa shape index (κ3) is 2.47. The average molecular weight is 369 g/mol. The highest BCUT2D eigenvalue weighted by atomic mass is 35.5. The number of hydrogen-bond donors (Lipinski definition) is 0. The van der Waals surface area contributed by atoms with Crippen LogP contribution in [0.25, 0.3) is 0 Å². The number of hydrazone groups is 1. The first-order valence-electron chi connectivity index (χ1n) is 8.30. The van der Waals surface area contributed by atoms with Crippen molar-refractivity contribution in [2.45, 2.75) is 18.7 Å². The van der Waals surface area contributed by atoms with E-state index in [1.165, 1.54) is 12.1 Å². The minimum Gasteiger partial charge on any atom is -0.464 e. The fourth-order valence-electron chi connectivity index (χ4n) is 3.50. The number of furan rings is 1. The van der Waals surface area contributed by atoms with E-state index in [1.54, 1.807) is 24.5 Å². The Morgan fingerprint density at radius 2 is 1.96 bits per heavy atom. The van der Waals surface area contributed by atoms with Crippen LogP contribution in [-0.2, 0) is 0 Å². The molecule has 0 saturated carbocycles. The fourth-order valence-corrected chi connectivity index (χ4v) is 3.68. The molecule has 2 aliphatic heterocycles. The Kier molecular flexibility index (Phi) is 3.50. The van der Waals surface area contributed by atoms with Crippen LogP contribution in [0.4, 0.5) is 4.39 Å². The summed E-state index contributed by atoms with van der Waals surface area (Å²) >= 11 is 6.20.